The molecule has 4 nitrogen and oxygen atoms in total. The van der Waals surface area contributed by atoms with Gasteiger partial charge in [-0.1, -0.05) is 11.6 Å². The minimum absolute atomic E-state index is 0.0807. The second-order valence-electron chi connectivity index (χ2n) is 4.00. The van der Waals surface area contributed by atoms with Crippen molar-refractivity contribution in [2.45, 2.75) is 20.0 Å². The number of benzene rings is 1. The van der Waals surface area contributed by atoms with Gasteiger partial charge in [0, 0.05) is 5.56 Å². The van der Waals surface area contributed by atoms with Crippen molar-refractivity contribution in [1.29, 1.82) is 0 Å². The van der Waals surface area contributed by atoms with Crippen LogP contribution in [0.3, 0.4) is 0 Å². The third-order valence-electron chi connectivity index (χ3n) is 2.14. The number of rotatable bonds is 5. The molecule has 0 bridgehead atoms. The maximum atomic E-state index is 13.8. The van der Waals surface area contributed by atoms with E-state index in [-0.39, 0.29) is 28.0 Å². The van der Waals surface area contributed by atoms with Gasteiger partial charge in [0.25, 0.3) is 0 Å². The highest BCUT2D eigenvalue weighted by Gasteiger charge is 2.19. The Labute approximate surface area is 115 Å². The van der Waals surface area contributed by atoms with E-state index in [0.717, 1.165) is 12.3 Å². The van der Waals surface area contributed by atoms with Crippen LogP contribution in [-0.4, -0.2) is 24.3 Å². The lowest BCUT2D eigenvalue weighted by molar-refractivity contribution is -0.130. The standard InChI is InChI=1S/C13H14ClFO4/c1-7(2)19-12-4-8(11(15)5-10(12)14)9(6-18-3)13(16)17/h4-7H,1-3H3,(H,16,17). The summed E-state index contributed by atoms with van der Waals surface area (Å²) in [6.45, 7) is 3.56. The maximum absolute atomic E-state index is 13.8. The number of aliphatic carboxylic acids is 1. The van der Waals surface area contributed by atoms with Crippen LogP contribution in [0.15, 0.2) is 18.4 Å². The minimum Gasteiger partial charge on any atom is -0.503 e. The van der Waals surface area contributed by atoms with Crippen LogP contribution in [-0.2, 0) is 9.53 Å². The van der Waals surface area contributed by atoms with Gasteiger partial charge in [-0.3, -0.25) is 0 Å². The van der Waals surface area contributed by atoms with Gasteiger partial charge >= 0.3 is 5.97 Å². The maximum Gasteiger partial charge on any atom is 0.339 e. The highest BCUT2D eigenvalue weighted by molar-refractivity contribution is 6.32. The van der Waals surface area contributed by atoms with E-state index in [1.807, 2.05) is 0 Å². The first-order valence-electron chi connectivity index (χ1n) is 5.49. The summed E-state index contributed by atoms with van der Waals surface area (Å²) in [5, 5.41) is 9.12. The molecule has 19 heavy (non-hydrogen) atoms. The van der Waals surface area contributed by atoms with Crippen molar-refractivity contribution in [3.63, 3.8) is 0 Å². The number of methoxy groups -OCH3 is 1. The number of halogens is 2. The molecule has 0 spiro atoms. The van der Waals surface area contributed by atoms with E-state index < -0.39 is 11.8 Å². The normalized spacial score (nSPS) is 11.6. The molecule has 1 N–H and O–H groups in total. The van der Waals surface area contributed by atoms with Crippen molar-refractivity contribution < 1.29 is 23.8 Å². The highest BCUT2D eigenvalue weighted by Crippen LogP contribution is 2.32. The third-order valence-corrected chi connectivity index (χ3v) is 2.44. The first-order valence-corrected chi connectivity index (χ1v) is 5.87. The van der Waals surface area contributed by atoms with Crippen LogP contribution in [0, 0.1) is 5.82 Å². The van der Waals surface area contributed by atoms with Gasteiger partial charge in [0.1, 0.15) is 17.1 Å². The molecule has 0 aliphatic carbocycles. The van der Waals surface area contributed by atoms with Crippen LogP contribution in [0.2, 0.25) is 5.02 Å². The fourth-order valence-corrected chi connectivity index (χ4v) is 1.62. The molecule has 0 radical (unpaired) electrons. The SMILES string of the molecule is COC=C(C(=O)O)c1cc(OC(C)C)c(Cl)cc1F. The zero-order valence-electron chi connectivity index (χ0n) is 10.7. The van der Waals surface area contributed by atoms with Crippen molar-refractivity contribution in [2.75, 3.05) is 7.11 Å². The van der Waals surface area contributed by atoms with Crippen LogP contribution in [0.5, 0.6) is 5.75 Å². The van der Waals surface area contributed by atoms with E-state index in [0.29, 0.717) is 0 Å². The molecule has 0 aliphatic heterocycles. The van der Waals surface area contributed by atoms with Crippen LogP contribution in [0.25, 0.3) is 5.57 Å². The molecule has 0 aromatic heterocycles. The van der Waals surface area contributed by atoms with Gasteiger partial charge in [0.2, 0.25) is 0 Å². The summed E-state index contributed by atoms with van der Waals surface area (Å²) in [7, 11) is 1.28. The number of carbonyl (C=O) groups is 1. The number of ether oxygens (including phenoxy) is 2. The summed E-state index contributed by atoms with van der Waals surface area (Å²) < 4.78 is 23.8. The average Bonchev–Trinajstić information content (AvgIpc) is 2.29. The molecule has 0 fully saturated rings. The van der Waals surface area contributed by atoms with Gasteiger partial charge in [-0.25, -0.2) is 9.18 Å². The zero-order chi connectivity index (χ0) is 14.6. The Morgan fingerprint density at radius 2 is 2.11 bits per heavy atom. The fraction of sp³-hybridized carbons (Fsp3) is 0.308. The first kappa shape index (κ1) is 15.3. The number of carboxylic acid groups (broad SMARTS) is 1. The molecule has 0 heterocycles. The fourth-order valence-electron chi connectivity index (χ4n) is 1.43. The van der Waals surface area contributed by atoms with Gasteiger partial charge in [-0.15, -0.1) is 0 Å². The second-order valence-corrected chi connectivity index (χ2v) is 4.41. The predicted octanol–water partition coefficient (Wildman–Crippen LogP) is 3.34. The van der Waals surface area contributed by atoms with Crippen molar-refractivity contribution in [1.82, 2.24) is 0 Å². The highest BCUT2D eigenvalue weighted by atomic mass is 35.5. The molecular weight excluding hydrogens is 275 g/mol. The molecule has 1 aromatic rings. The van der Waals surface area contributed by atoms with Crippen LogP contribution < -0.4 is 4.74 Å². The van der Waals surface area contributed by atoms with E-state index in [2.05, 4.69) is 4.74 Å². The summed E-state index contributed by atoms with van der Waals surface area (Å²) >= 11 is 5.84. The molecule has 104 valence electrons. The molecule has 1 rings (SSSR count). The Balaban J connectivity index is 3.34. The molecule has 0 atom stereocenters. The minimum atomic E-state index is -1.31. The van der Waals surface area contributed by atoms with Gasteiger partial charge in [0.05, 0.1) is 24.5 Å². The van der Waals surface area contributed by atoms with E-state index >= 15 is 0 Å². The monoisotopic (exact) mass is 288 g/mol. The predicted molar refractivity (Wildman–Crippen MR) is 69.8 cm³/mol. The summed E-state index contributed by atoms with van der Waals surface area (Å²) in [5.41, 5.74) is -0.459. The number of carboxylic acids is 1. The molecule has 0 saturated carbocycles. The summed E-state index contributed by atoms with van der Waals surface area (Å²) in [6, 6.07) is 2.26. The first-order chi connectivity index (χ1) is 8.86. The van der Waals surface area contributed by atoms with Crippen LogP contribution >= 0.6 is 11.6 Å². The summed E-state index contributed by atoms with van der Waals surface area (Å²) in [5.74, 6) is -1.85. The zero-order valence-corrected chi connectivity index (χ0v) is 11.5. The Morgan fingerprint density at radius 1 is 1.47 bits per heavy atom. The molecule has 0 amide bonds. The van der Waals surface area contributed by atoms with Crippen molar-refractivity contribution >= 4 is 23.1 Å². The topological polar surface area (TPSA) is 55.8 Å². The average molecular weight is 289 g/mol. The number of hydrogen-bond acceptors (Lipinski definition) is 3. The van der Waals surface area contributed by atoms with E-state index in [4.69, 9.17) is 21.4 Å². The van der Waals surface area contributed by atoms with Crippen molar-refractivity contribution in [3.05, 3.63) is 34.8 Å². The largest absolute Gasteiger partial charge is 0.503 e. The van der Waals surface area contributed by atoms with Gasteiger partial charge in [0.15, 0.2) is 0 Å². The van der Waals surface area contributed by atoms with Crippen molar-refractivity contribution in [2.24, 2.45) is 0 Å². The Morgan fingerprint density at radius 3 is 2.58 bits per heavy atom. The van der Waals surface area contributed by atoms with E-state index in [9.17, 15) is 9.18 Å². The third kappa shape index (κ3) is 3.86. The second kappa shape index (κ2) is 6.43. The lowest BCUT2D eigenvalue weighted by Crippen LogP contribution is -2.08. The smallest absolute Gasteiger partial charge is 0.339 e. The van der Waals surface area contributed by atoms with Gasteiger partial charge in [-0.05, 0) is 26.0 Å². The van der Waals surface area contributed by atoms with Crippen LogP contribution in [0.4, 0.5) is 4.39 Å². The molecule has 0 aliphatic rings. The lowest BCUT2D eigenvalue weighted by Gasteiger charge is -2.13. The molecule has 0 unspecified atom stereocenters. The Hall–Kier alpha value is -1.75. The quantitative estimate of drug-likeness (QED) is 0.667. The Bertz CT molecular complexity index is 512. The van der Waals surface area contributed by atoms with Crippen LogP contribution in [0.1, 0.15) is 19.4 Å². The van der Waals surface area contributed by atoms with E-state index in [1.165, 1.54) is 13.2 Å². The number of hydrogen-bond donors (Lipinski definition) is 1. The van der Waals surface area contributed by atoms with Gasteiger partial charge in [-0.2, -0.15) is 0 Å². The molecule has 1 aromatic carbocycles. The van der Waals surface area contributed by atoms with E-state index in [1.54, 1.807) is 13.8 Å². The van der Waals surface area contributed by atoms with Gasteiger partial charge < -0.3 is 14.6 Å². The lowest BCUT2D eigenvalue weighted by atomic mass is 10.1. The summed E-state index contributed by atoms with van der Waals surface area (Å²) in [4.78, 5) is 11.1. The molecule has 6 heteroatoms. The summed E-state index contributed by atoms with van der Waals surface area (Å²) in [6.07, 6.45) is 0.781. The molecular formula is C13H14ClFO4. The van der Waals surface area contributed by atoms with Crippen molar-refractivity contribution in [3.8, 4) is 5.75 Å². The molecule has 0 saturated heterocycles. The Kier molecular flexibility index (Phi) is 5.18.